The molecule has 1 aromatic rings. The van der Waals surface area contributed by atoms with Crippen LogP contribution in [0.5, 0.6) is 5.75 Å². The minimum absolute atomic E-state index is 0.227. The molecule has 0 radical (unpaired) electrons. The summed E-state index contributed by atoms with van der Waals surface area (Å²) in [7, 11) is 0. The Balaban J connectivity index is 2.54. The molecule has 2 unspecified atom stereocenters. The molecule has 1 amide bonds. The van der Waals surface area contributed by atoms with Gasteiger partial charge in [0.1, 0.15) is 5.75 Å². The Morgan fingerprint density at radius 1 is 1.58 bits per heavy atom. The van der Waals surface area contributed by atoms with Crippen molar-refractivity contribution in [2.24, 2.45) is 0 Å². The molecule has 0 heterocycles. The van der Waals surface area contributed by atoms with Crippen molar-refractivity contribution in [1.82, 2.24) is 5.32 Å². The third-order valence-electron chi connectivity index (χ3n) is 2.55. The summed E-state index contributed by atoms with van der Waals surface area (Å²) in [6.07, 6.45) is -0.585. The van der Waals surface area contributed by atoms with Gasteiger partial charge < -0.3 is 15.2 Å². The number of aliphatic hydroxyl groups excluding tert-OH is 1. The van der Waals surface area contributed by atoms with Crippen molar-refractivity contribution < 1.29 is 14.6 Å². The fraction of sp³-hybridized carbons (Fsp3) is 0.462. The highest BCUT2D eigenvalue weighted by Gasteiger charge is 2.16. The summed E-state index contributed by atoms with van der Waals surface area (Å²) < 4.78 is 6.22. The number of hydrogen-bond donors (Lipinski definition) is 2. The van der Waals surface area contributed by atoms with E-state index in [9.17, 15) is 9.90 Å². The molecule has 0 fully saturated rings. The Bertz CT molecular complexity index is 442. The molecule has 6 heteroatoms. The fourth-order valence-electron chi connectivity index (χ4n) is 1.32. The molecule has 0 aliphatic carbocycles. The van der Waals surface area contributed by atoms with E-state index >= 15 is 0 Å². The third kappa shape index (κ3) is 5.38. The Labute approximate surface area is 126 Å². The standard InChI is InChI=1S/C13H17BrClNO3/c1-3-10(17)7-16-13(18)8(2)19-12-5-4-9(15)6-11(12)14/h4-6,8,10,17H,3,7H2,1-2H3,(H,16,18). The van der Waals surface area contributed by atoms with Crippen LogP contribution in [0.4, 0.5) is 0 Å². The van der Waals surface area contributed by atoms with Crippen LogP contribution >= 0.6 is 27.5 Å². The molecule has 0 aliphatic rings. The lowest BCUT2D eigenvalue weighted by atomic mass is 10.2. The third-order valence-corrected chi connectivity index (χ3v) is 3.40. The SMILES string of the molecule is CCC(O)CNC(=O)C(C)Oc1ccc(Cl)cc1Br. The van der Waals surface area contributed by atoms with Gasteiger partial charge in [0.05, 0.1) is 10.6 Å². The Hall–Kier alpha value is -0.780. The van der Waals surface area contributed by atoms with Gasteiger partial charge in [-0.25, -0.2) is 0 Å². The second-order valence-electron chi connectivity index (χ2n) is 4.14. The average molecular weight is 351 g/mol. The number of amides is 1. The number of nitrogens with one attached hydrogen (secondary N) is 1. The molecule has 0 aliphatic heterocycles. The minimum atomic E-state index is -0.651. The molecule has 2 N–H and O–H groups in total. The van der Waals surface area contributed by atoms with Crippen LogP contribution in [-0.4, -0.2) is 29.8 Å². The summed E-state index contributed by atoms with van der Waals surface area (Å²) in [4.78, 5) is 11.8. The lowest BCUT2D eigenvalue weighted by molar-refractivity contribution is -0.127. The maximum absolute atomic E-state index is 11.8. The number of ether oxygens (including phenoxy) is 1. The summed E-state index contributed by atoms with van der Waals surface area (Å²) in [5.74, 6) is 0.275. The van der Waals surface area contributed by atoms with Crippen LogP contribution in [0.25, 0.3) is 0 Å². The van der Waals surface area contributed by atoms with Crippen LogP contribution in [0, 0.1) is 0 Å². The van der Waals surface area contributed by atoms with Gasteiger partial charge in [-0.15, -0.1) is 0 Å². The van der Waals surface area contributed by atoms with Gasteiger partial charge in [-0.3, -0.25) is 4.79 Å². The summed E-state index contributed by atoms with van der Waals surface area (Å²) in [6.45, 7) is 3.72. The van der Waals surface area contributed by atoms with Crippen molar-refractivity contribution in [2.75, 3.05) is 6.54 Å². The molecule has 2 atom stereocenters. The highest BCUT2D eigenvalue weighted by Crippen LogP contribution is 2.28. The van der Waals surface area contributed by atoms with Crippen molar-refractivity contribution in [1.29, 1.82) is 0 Å². The normalized spacial score (nSPS) is 13.7. The second-order valence-corrected chi connectivity index (χ2v) is 5.43. The molecular weight excluding hydrogens is 334 g/mol. The van der Waals surface area contributed by atoms with Crippen molar-refractivity contribution in [2.45, 2.75) is 32.5 Å². The first-order valence-electron chi connectivity index (χ1n) is 6.01. The van der Waals surface area contributed by atoms with Gasteiger partial charge in [0.25, 0.3) is 5.91 Å². The number of carbonyl (C=O) groups is 1. The maximum atomic E-state index is 11.8. The highest BCUT2D eigenvalue weighted by atomic mass is 79.9. The molecule has 0 saturated carbocycles. The summed E-state index contributed by atoms with van der Waals surface area (Å²) in [6, 6.07) is 5.08. The van der Waals surface area contributed by atoms with Crippen molar-refractivity contribution in [3.05, 3.63) is 27.7 Å². The van der Waals surface area contributed by atoms with Gasteiger partial charge in [-0.1, -0.05) is 18.5 Å². The first kappa shape index (κ1) is 16.3. The van der Waals surface area contributed by atoms with Crippen LogP contribution in [-0.2, 0) is 4.79 Å². The van der Waals surface area contributed by atoms with Gasteiger partial charge in [0, 0.05) is 11.6 Å². The van der Waals surface area contributed by atoms with Gasteiger partial charge in [0.15, 0.2) is 6.10 Å². The van der Waals surface area contributed by atoms with E-state index in [1.165, 1.54) is 0 Å². The van der Waals surface area contributed by atoms with Gasteiger partial charge in [0.2, 0.25) is 0 Å². The molecule has 0 aromatic heterocycles. The zero-order chi connectivity index (χ0) is 14.4. The van der Waals surface area contributed by atoms with E-state index in [-0.39, 0.29) is 12.5 Å². The number of aliphatic hydroxyl groups is 1. The molecule has 106 valence electrons. The Morgan fingerprint density at radius 3 is 2.84 bits per heavy atom. The van der Waals surface area contributed by atoms with E-state index in [1.54, 1.807) is 25.1 Å². The van der Waals surface area contributed by atoms with Crippen molar-refractivity contribution >= 4 is 33.4 Å². The second kappa shape index (κ2) is 7.72. The van der Waals surface area contributed by atoms with Crippen LogP contribution in [0.2, 0.25) is 5.02 Å². The van der Waals surface area contributed by atoms with E-state index in [1.807, 2.05) is 6.92 Å². The lowest BCUT2D eigenvalue weighted by Crippen LogP contribution is -2.40. The predicted molar refractivity (Wildman–Crippen MR) is 78.5 cm³/mol. The van der Waals surface area contributed by atoms with Crippen LogP contribution in [0.15, 0.2) is 22.7 Å². The van der Waals surface area contributed by atoms with Gasteiger partial charge in [-0.05, 0) is 47.5 Å². The smallest absolute Gasteiger partial charge is 0.260 e. The van der Waals surface area contributed by atoms with Gasteiger partial charge >= 0.3 is 0 Å². The monoisotopic (exact) mass is 349 g/mol. The van der Waals surface area contributed by atoms with E-state index in [0.29, 0.717) is 21.7 Å². The van der Waals surface area contributed by atoms with Crippen LogP contribution in [0.3, 0.4) is 0 Å². The zero-order valence-corrected chi connectivity index (χ0v) is 13.2. The molecule has 0 spiro atoms. The minimum Gasteiger partial charge on any atom is -0.480 e. The molecule has 0 bridgehead atoms. The molecule has 1 rings (SSSR count). The number of carbonyl (C=O) groups excluding carboxylic acids is 1. The quantitative estimate of drug-likeness (QED) is 0.829. The summed E-state index contributed by atoms with van der Waals surface area (Å²) in [5, 5.41) is 12.6. The summed E-state index contributed by atoms with van der Waals surface area (Å²) in [5.41, 5.74) is 0. The van der Waals surface area contributed by atoms with Crippen molar-refractivity contribution in [3.8, 4) is 5.75 Å². The zero-order valence-electron chi connectivity index (χ0n) is 10.8. The molecular formula is C13H17BrClNO3. The first-order valence-corrected chi connectivity index (χ1v) is 7.18. The highest BCUT2D eigenvalue weighted by molar-refractivity contribution is 9.10. The number of benzene rings is 1. The van der Waals surface area contributed by atoms with Crippen LogP contribution in [0.1, 0.15) is 20.3 Å². The topological polar surface area (TPSA) is 58.6 Å². The number of halogens is 2. The first-order chi connectivity index (χ1) is 8.93. The molecule has 4 nitrogen and oxygen atoms in total. The van der Waals surface area contributed by atoms with Crippen molar-refractivity contribution in [3.63, 3.8) is 0 Å². The molecule has 0 saturated heterocycles. The van der Waals surface area contributed by atoms with E-state index in [4.69, 9.17) is 16.3 Å². The average Bonchev–Trinajstić information content (AvgIpc) is 2.38. The van der Waals surface area contributed by atoms with Gasteiger partial charge in [-0.2, -0.15) is 0 Å². The van der Waals surface area contributed by atoms with E-state index < -0.39 is 12.2 Å². The molecule has 1 aromatic carbocycles. The number of hydrogen-bond acceptors (Lipinski definition) is 3. The predicted octanol–water partition coefficient (Wildman–Crippen LogP) is 2.76. The Kier molecular flexibility index (Phi) is 6.62. The van der Waals surface area contributed by atoms with E-state index in [2.05, 4.69) is 21.2 Å². The summed E-state index contributed by atoms with van der Waals surface area (Å²) >= 11 is 9.14. The Morgan fingerprint density at radius 2 is 2.26 bits per heavy atom. The van der Waals surface area contributed by atoms with Crippen LogP contribution < -0.4 is 10.1 Å². The van der Waals surface area contributed by atoms with E-state index in [0.717, 1.165) is 0 Å². The number of rotatable bonds is 6. The fourth-order valence-corrected chi connectivity index (χ4v) is 2.10. The lowest BCUT2D eigenvalue weighted by Gasteiger charge is -2.17. The molecule has 19 heavy (non-hydrogen) atoms. The maximum Gasteiger partial charge on any atom is 0.260 e. The largest absolute Gasteiger partial charge is 0.480 e.